The lowest BCUT2D eigenvalue weighted by molar-refractivity contribution is 0.0490. The number of hydrogen-bond donors (Lipinski definition) is 0. The van der Waals surface area contributed by atoms with Crippen LogP contribution in [0.3, 0.4) is 0 Å². The molecule has 0 fully saturated rings. The summed E-state index contributed by atoms with van der Waals surface area (Å²) in [5.41, 5.74) is 7.89. The van der Waals surface area contributed by atoms with Crippen molar-refractivity contribution in [1.29, 1.82) is 0 Å². The molecule has 0 saturated carbocycles. The fourth-order valence-corrected chi connectivity index (χ4v) is 3.71. The zero-order chi connectivity index (χ0) is 19.6. The van der Waals surface area contributed by atoms with Crippen molar-refractivity contribution >= 4 is 5.97 Å². The minimum absolute atomic E-state index is 0.290. The van der Waals surface area contributed by atoms with E-state index >= 15 is 0 Å². The van der Waals surface area contributed by atoms with Crippen LogP contribution in [0.5, 0.6) is 0 Å². The van der Waals surface area contributed by atoms with Gasteiger partial charge in [0.05, 0.1) is 6.61 Å². The van der Waals surface area contributed by atoms with Crippen molar-refractivity contribution in [3.05, 3.63) is 81.8 Å². The van der Waals surface area contributed by atoms with E-state index in [2.05, 4.69) is 32.9 Å². The maximum absolute atomic E-state index is 12.5. The predicted molar refractivity (Wildman–Crippen MR) is 108 cm³/mol. The maximum atomic E-state index is 12.5. The van der Waals surface area contributed by atoms with Crippen molar-refractivity contribution in [2.24, 2.45) is 0 Å². The molecule has 0 N–H and O–H groups in total. The lowest BCUT2D eigenvalue weighted by atomic mass is 9.90. The summed E-state index contributed by atoms with van der Waals surface area (Å²) in [6.45, 7) is 10.4. The minimum atomic E-state index is -0.414. The van der Waals surface area contributed by atoms with Crippen molar-refractivity contribution in [3.63, 3.8) is 0 Å². The summed E-state index contributed by atoms with van der Waals surface area (Å²) in [7, 11) is 0. The van der Waals surface area contributed by atoms with Gasteiger partial charge in [0.15, 0.2) is 0 Å². The average Bonchev–Trinajstić information content (AvgIpc) is 2.95. The highest BCUT2D eigenvalue weighted by Gasteiger charge is 2.26. The number of aryl methyl sites for hydroxylation is 4. The van der Waals surface area contributed by atoms with Crippen LogP contribution in [0.1, 0.15) is 51.1 Å². The molecular formula is C24H26O3. The Hall–Kier alpha value is -2.81. The van der Waals surface area contributed by atoms with Crippen LogP contribution in [0.4, 0.5) is 0 Å². The summed E-state index contributed by atoms with van der Waals surface area (Å²) in [6, 6.07) is 14.3. The molecule has 1 aromatic heterocycles. The molecule has 27 heavy (non-hydrogen) atoms. The van der Waals surface area contributed by atoms with Gasteiger partial charge in [-0.3, -0.25) is 0 Å². The average molecular weight is 362 g/mol. The topological polar surface area (TPSA) is 39.4 Å². The monoisotopic (exact) mass is 362 g/mol. The van der Waals surface area contributed by atoms with Crippen LogP contribution >= 0.6 is 0 Å². The fourth-order valence-electron chi connectivity index (χ4n) is 3.71. The quantitative estimate of drug-likeness (QED) is 0.527. The number of esters is 1. The van der Waals surface area contributed by atoms with Gasteiger partial charge in [0, 0.05) is 17.5 Å². The zero-order valence-corrected chi connectivity index (χ0v) is 16.7. The third kappa shape index (κ3) is 3.82. The number of carbonyl (C=O) groups excluding carboxylic acids is 1. The Morgan fingerprint density at radius 2 is 1.59 bits per heavy atom. The second-order valence-corrected chi connectivity index (χ2v) is 6.98. The Morgan fingerprint density at radius 1 is 0.963 bits per heavy atom. The van der Waals surface area contributed by atoms with Crippen LogP contribution in [0, 0.1) is 27.7 Å². The number of ether oxygens (including phenoxy) is 1. The molecule has 0 aliphatic heterocycles. The zero-order valence-electron chi connectivity index (χ0n) is 16.7. The third-order valence-corrected chi connectivity index (χ3v) is 4.93. The number of carbonyl (C=O) groups is 1. The van der Waals surface area contributed by atoms with E-state index in [1.807, 2.05) is 37.3 Å². The molecule has 0 amide bonds. The largest absolute Gasteiger partial charge is 0.460 e. The van der Waals surface area contributed by atoms with E-state index < -0.39 is 5.97 Å². The molecular weight excluding hydrogens is 336 g/mol. The van der Waals surface area contributed by atoms with Crippen molar-refractivity contribution in [2.75, 3.05) is 6.61 Å². The van der Waals surface area contributed by atoms with E-state index in [1.165, 1.54) is 22.3 Å². The van der Waals surface area contributed by atoms with Gasteiger partial charge in [-0.05, 0) is 56.9 Å². The van der Waals surface area contributed by atoms with Gasteiger partial charge in [0.2, 0.25) is 5.76 Å². The van der Waals surface area contributed by atoms with Crippen LogP contribution in [-0.4, -0.2) is 12.6 Å². The van der Waals surface area contributed by atoms with Gasteiger partial charge >= 0.3 is 5.97 Å². The highest BCUT2D eigenvalue weighted by atomic mass is 16.5. The van der Waals surface area contributed by atoms with E-state index in [0.717, 1.165) is 28.9 Å². The van der Waals surface area contributed by atoms with E-state index in [0.29, 0.717) is 6.61 Å². The van der Waals surface area contributed by atoms with Gasteiger partial charge in [0.1, 0.15) is 5.76 Å². The lowest BCUT2D eigenvalue weighted by Gasteiger charge is -2.13. The molecule has 3 rings (SSSR count). The molecule has 3 nitrogen and oxygen atoms in total. The van der Waals surface area contributed by atoms with Crippen molar-refractivity contribution < 1.29 is 13.9 Å². The van der Waals surface area contributed by atoms with Crippen molar-refractivity contribution in [2.45, 2.75) is 41.0 Å². The first kappa shape index (κ1) is 19.0. The molecule has 0 spiro atoms. The second kappa shape index (κ2) is 7.83. The molecule has 1 heterocycles. The molecule has 0 aliphatic carbocycles. The van der Waals surface area contributed by atoms with Gasteiger partial charge in [-0.15, -0.1) is 0 Å². The lowest BCUT2D eigenvalue weighted by Crippen LogP contribution is -2.05. The Morgan fingerprint density at radius 3 is 2.19 bits per heavy atom. The van der Waals surface area contributed by atoms with Crippen molar-refractivity contribution in [1.82, 2.24) is 0 Å². The summed E-state index contributed by atoms with van der Waals surface area (Å²) in [5, 5.41) is 0. The number of rotatable bonds is 5. The summed E-state index contributed by atoms with van der Waals surface area (Å²) in [5.74, 6) is 0.636. The van der Waals surface area contributed by atoms with Gasteiger partial charge < -0.3 is 9.15 Å². The predicted octanol–water partition coefficient (Wildman–Crippen LogP) is 5.95. The number of furan rings is 1. The fraction of sp³-hybridized carbons (Fsp3) is 0.292. The van der Waals surface area contributed by atoms with Crippen LogP contribution in [0.2, 0.25) is 0 Å². The Kier molecular flexibility index (Phi) is 5.50. The summed E-state index contributed by atoms with van der Waals surface area (Å²) < 4.78 is 11.2. The van der Waals surface area contributed by atoms with Gasteiger partial charge in [0.25, 0.3) is 0 Å². The van der Waals surface area contributed by atoms with Crippen LogP contribution in [0.25, 0.3) is 11.1 Å². The van der Waals surface area contributed by atoms with E-state index in [1.54, 1.807) is 6.92 Å². The smallest absolute Gasteiger partial charge is 0.374 e. The molecule has 3 aromatic rings. The standard InChI is InChI=1S/C24H26O3/c1-6-26-24(25)23-22(19-10-8-7-9-11-19)21(18(5)27-23)14-20-16(3)12-15(2)13-17(20)4/h7-13H,6,14H2,1-5H3. The summed E-state index contributed by atoms with van der Waals surface area (Å²) in [6.07, 6.45) is 0.719. The second-order valence-electron chi connectivity index (χ2n) is 6.98. The summed E-state index contributed by atoms with van der Waals surface area (Å²) >= 11 is 0. The molecule has 0 saturated heterocycles. The Balaban J connectivity index is 2.17. The van der Waals surface area contributed by atoms with E-state index in [9.17, 15) is 4.79 Å². The SMILES string of the molecule is CCOC(=O)c1oc(C)c(Cc2c(C)cc(C)cc2C)c1-c1ccccc1. The normalized spacial score (nSPS) is 10.9. The molecule has 140 valence electrons. The molecule has 0 radical (unpaired) electrons. The van der Waals surface area contributed by atoms with E-state index in [4.69, 9.17) is 9.15 Å². The molecule has 0 aliphatic rings. The summed E-state index contributed by atoms with van der Waals surface area (Å²) in [4.78, 5) is 12.5. The number of benzene rings is 2. The van der Waals surface area contributed by atoms with Crippen LogP contribution in [0.15, 0.2) is 46.9 Å². The highest BCUT2D eigenvalue weighted by Crippen LogP contribution is 2.35. The molecule has 2 aromatic carbocycles. The Labute approximate surface area is 161 Å². The molecule has 0 bridgehead atoms. The van der Waals surface area contributed by atoms with Crippen molar-refractivity contribution in [3.8, 4) is 11.1 Å². The molecule has 0 unspecified atom stereocenters. The van der Waals surface area contributed by atoms with Gasteiger partial charge in [-0.1, -0.05) is 48.0 Å². The molecule has 3 heteroatoms. The van der Waals surface area contributed by atoms with E-state index in [-0.39, 0.29) is 5.76 Å². The van der Waals surface area contributed by atoms with Gasteiger partial charge in [-0.2, -0.15) is 0 Å². The van der Waals surface area contributed by atoms with Gasteiger partial charge in [-0.25, -0.2) is 4.79 Å². The minimum Gasteiger partial charge on any atom is -0.460 e. The number of hydrogen-bond acceptors (Lipinski definition) is 3. The maximum Gasteiger partial charge on any atom is 0.374 e. The molecule has 0 atom stereocenters. The third-order valence-electron chi connectivity index (χ3n) is 4.93. The Bertz CT molecular complexity index is 942. The van der Waals surface area contributed by atoms with Crippen LogP contribution < -0.4 is 0 Å². The highest BCUT2D eigenvalue weighted by molar-refractivity contribution is 5.96. The first-order valence-electron chi connectivity index (χ1n) is 9.33. The first-order chi connectivity index (χ1) is 12.9. The first-order valence-corrected chi connectivity index (χ1v) is 9.33. The van der Waals surface area contributed by atoms with Crippen LogP contribution in [-0.2, 0) is 11.2 Å².